The van der Waals surface area contributed by atoms with E-state index in [-0.39, 0.29) is 10.8 Å². The Kier molecular flexibility index (Phi) is 6.67. The third-order valence-corrected chi connectivity index (χ3v) is 4.89. The van der Waals surface area contributed by atoms with Gasteiger partial charge in [-0.15, -0.1) is 0 Å². The largest absolute Gasteiger partial charge is 0.494 e. The number of halogens is 3. The van der Waals surface area contributed by atoms with Gasteiger partial charge >= 0.3 is 0 Å². The van der Waals surface area contributed by atoms with E-state index in [2.05, 4.69) is 30.6 Å². The van der Waals surface area contributed by atoms with Gasteiger partial charge in [-0.05, 0) is 78.5 Å². The quantitative estimate of drug-likeness (QED) is 0.250. The highest BCUT2D eigenvalue weighted by Crippen LogP contribution is 2.24. The highest BCUT2D eigenvalue weighted by molar-refractivity contribution is 5.84. The van der Waals surface area contributed by atoms with E-state index in [0.29, 0.717) is 12.2 Å². The first-order valence-corrected chi connectivity index (χ1v) is 10.5. The van der Waals surface area contributed by atoms with Crippen molar-refractivity contribution >= 4 is 10.8 Å². The van der Waals surface area contributed by atoms with Gasteiger partial charge in [0.15, 0.2) is 17.5 Å². The second-order valence-corrected chi connectivity index (χ2v) is 7.37. The summed E-state index contributed by atoms with van der Waals surface area (Å²) < 4.78 is 46.3. The molecule has 0 aliphatic carbocycles. The number of rotatable bonds is 3. The third-order valence-electron chi connectivity index (χ3n) is 4.89. The van der Waals surface area contributed by atoms with Gasteiger partial charge in [0.25, 0.3) is 0 Å². The second kappa shape index (κ2) is 9.98. The van der Waals surface area contributed by atoms with Gasteiger partial charge in [-0.2, -0.15) is 0 Å². The van der Waals surface area contributed by atoms with Crippen LogP contribution in [0.4, 0.5) is 13.2 Å². The lowest BCUT2D eigenvalue weighted by Gasteiger charge is -2.03. The van der Waals surface area contributed by atoms with E-state index in [0.717, 1.165) is 34.9 Å². The molecule has 0 aliphatic rings. The Morgan fingerprint density at radius 1 is 0.636 bits per heavy atom. The fourth-order valence-electron chi connectivity index (χ4n) is 3.16. The lowest BCUT2D eigenvalue weighted by Crippen LogP contribution is -1.94. The van der Waals surface area contributed by atoms with Gasteiger partial charge in [0.1, 0.15) is 5.75 Å². The standard InChI is InChI=1S/C29H19F3O/c1-2-17-33-25-14-11-22(12-15-25)8-7-20-3-5-21(6-4-20)9-10-23-13-16-26-24(18-23)19-27(30)29(32)28(26)31/h3-6,11-16,18-19H,2,17H2,1H3. The highest BCUT2D eigenvalue weighted by atomic mass is 19.2. The molecule has 0 fully saturated rings. The molecule has 0 bridgehead atoms. The van der Waals surface area contributed by atoms with E-state index >= 15 is 0 Å². The van der Waals surface area contributed by atoms with Crippen LogP contribution in [0.5, 0.6) is 5.75 Å². The summed E-state index contributed by atoms with van der Waals surface area (Å²) in [6.45, 7) is 2.76. The SMILES string of the molecule is CCCOc1ccc(C#Cc2ccc(C#Cc3ccc4c(F)c(F)c(F)cc4c3)cc2)cc1. The Morgan fingerprint density at radius 3 is 1.73 bits per heavy atom. The molecule has 0 amide bonds. The molecular weight excluding hydrogens is 421 g/mol. The number of benzene rings is 4. The molecule has 0 atom stereocenters. The van der Waals surface area contributed by atoms with Crippen LogP contribution in [0, 0.1) is 41.1 Å². The van der Waals surface area contributed by atoms with Crippen molar-refractivity contribution in [2.75, 3.05) is 6.61 Å². The maximum Gasteiger partial charge on any atom is 0.195 e. The van der Waals surface area contributed by atoms with Gasteiger partial charge in [-0.3, -0.25) is 0 Å². The van der Waals surface area contributed by atoms with Crippen LogP contribution in [0.1, 0.15) is 35.6 Å². The maximum absolute atomic E-state index is 13.8. The van der Waals surface area contributed by atoms with Crippen molar-refractivity contribution in [1.29, 1.82) is 0 Å². The van der Waals surface area contributed by atoms with Crippen LogP contribution in [0.25, 0.3) is 10.8 Å². The molecule has 0 unspecified atom stereocenters. The summed E-state index contributed by atoms with van der Waals surface area (Å²) in [6.07, 6.45) is 0.964. The van der Waals surface area contributed by atoms with Crippen molar-refractivity contribution in [3.8, 4) is 29.4 Å². The Hall–Kier alpha value is -4.15. The van der Waals surface area contributed by atoms with Crippen molar-refractivity contribution in [3.05, 3.63) is 113 Å². The third kappa shape index (κ3) is 5.37. The van der Waals surface area contributed by atoms with Crippen molar-refractivity contribution in [3.63, 3.8) is 0 Å². The molecule has 4 aromatic carbocycles. The molecule has 33 heavy (non-hydrogen) atoms. The number of hydrogen-bond donors (Lipinski definition) is 0. The molecular formula is C29H19F3O. The van der Waals surface area contributed by atoms with Crippen molar-refractivity contribution < 1.29 is 17.9 Å². The second-order valence-electron chi connectivity index (χ2n) is 7.37. The van der Waals surface area contributed by atoms with Gasteiger partial charge < -0.3 is 4.74 Å². The average molecular weight is 440 g/mol. The lowest BCUT2D eigenvalue weighted by molar-refractivity contribution is 0.317. The van der Waals surface area contributed by atoms with E-state index in [1.807, 2.05) is 48.5 Å². The summed E-state index contributed by atoms with van der Waals surface area (Å²) in [5, 5.41) is 0.277. The predicted molar refractivity (Wildman–Crippen MR) is 124 cm³/mol. The van der Waals surface area contributed by atoms with Crippen LogP contribution in [-0.2, 0) is 0 Å². The highest BCUT2D eigenvalue weighted by Gasteiger charge is 2.13. The number of fused-ring (bicyclic) bond motifs is 1. The summed E-state index contributed by atoms with van der Waals surface area (Å²) in [5.74, 6) is 9.18. The molecule has 4 heteroatoms. The topological polar surface area (TPSA) is 9.23 Å². The molecule has 4 aromatic rings. The molecule has 0 radical (unpaired) electrons. The van der Waals surface area contributed by atoms with Crippen LogP contribution in [0.3, 0.4) is 0 Å². The first kappa shape index (κ1) is 22.1. The first-order chi connectivity index (χ1) is 16.0. The minimum atomic E-state index is -1.47. The maximum atomic E-state index is 13.8. The van der Waals surface area contributed by atoms with Crippen molar-refractivity contribution in [2.24, 2.45) is 0 Å². The number of ether oxygens (including phenoxy) is 1. The van der Waals surface area contributed by atoms with E-state index in [1.54, 1.807) is 6.07 Å². The zero-order valence-electron chi connectivity index (χ0n) is 17.9. The average Bonchev–Trinajstić information content (AvgIpc) is 2.84. The zero-order chi connectivity index (χ0) is 23.2. The van der Waals surface area contributed by atoms with Gasteiger partial charge in [-0.1, -0.05) is 36.7 Å². The van der Waals surface area contributed by atoms with Crippen LogP contribution < -0.4 is 4.74 Å². The van der Waals surface area contributed by atoms with Gasteiger partial charge in [0.2, 0.25) is 0 Å². The van der Waals surface area contributed by atoms with E-state index in [4.69, 9.17) is 4.74 Å². The molecule has 0 heterocycles. The molecule has 4 rings (SSSR count). The van der Waals surface area contributed by atoms with Crippen LogP contribution in [0.15, 0.2) is 72.8 Å². The Balaban J connectivity index is 1.47. The summed E-state index contributed by atoms with van der Waals surface area (Å²) >= 11 is 0. The zero-order valence-corrected chi connectivity index (χ0v) is 17.9. The Labute approximate surface area is 190 Å². The molecule has 0 aromatic heterocycles. The first-order valence-electron chi connectivity index (χ1n) is 10.5. The van der Waals surface area contributed by atoms with E-state index in [1.165, 1.54) is 12.1 Å². The molecule has 0 saturated heterocycles. The number of hydrogen-bond acceptors (Lipinski definition) is 1. The van der Waals surface area contributed by atoms with E-state index < -0.39 is 17.5 Å². The summed E-state index contributed by atoms with van der Waals surface area (Å²) in [4.78, 5) is 0. The Morgan fingerprint density at radius 2 is 1.15 bits per heavy atom. The molecule has 162 valence electrons. The molecule has 0 spiro atoms. The molecule has 0 aliphatic heterocycles. The molecule has 0 N–H and O–H groups in total. The van der Waals surface area contributed by atoms with Crippen molar-refractivity contribution in [2.45, 2.75) is 13.3 Å². The summed E-state index contributed by atoms with van der Waals surface area (Å²) in [6, 6.07) is 20.6. The van der Waals surface area contributed by atoms with Crippen LogP contribution in [-0.4, -0.2) is 6.61 Å². The molecule has 0 saturated carbocycles. The van der Waals surface area contributed by atoms with Gasteiger partial charge in [0.05, 0.1) is 6.61 Å². The normalized spacial score (nSPS) is 10.2. The fraction of sp³-hybridized carbons (Fsp3) is 0.103. The Bertz CT molecular complexity index is 1410. The van der Waals surface area contributed by atoms with Gasteiger partial charge in [-0.25, -0.2) is 13.2 Å². The minimum absolute atomic E-state index is 0.0190. The van der Waals surface area contributed by atoms with Crippen molar-refractivity contribution in [1.82, 2.24) is 0 Å². The predicted octanol–water partition coefficient (Wildman–Crippen LogP) is 6.85. The monoisotopic (exact) mass is 440 g/mol. The van der Waals surface area contributed by atoms with Gasteiger partial charge in [0, 0.05) is 27.6 Å². The van der Waals surface area contributed by atoms with Crippen LogP contribution in [0.2, 0.25) is 0 Å². The lowest BCUT2D eigenvalue weighted by atomic mass is 10.1. The van der Waals surface area contributed by atoms with E-state index in [9.17, 15) is 13.2 Å². The van der Waals surface area contributed by atoms with Crippen LogP contribution >= 0.6 is 0 Å². The summed E-state index contributed by atoms with van der Waals surface area (Å²) in [7, 11) is 0. The smallest absolute Gasteiger partial charge is 0.195 e. The summed E-state index contributed by atoms with van der Waals surface area (Å²) in [5.41, 5.74) is 3.09. The fourth-order valence-corrected chi connectivity index (χ4v) is 3.16. The minimum Gasteiger partial charge on any atom is -0.494 e. The molecule has 1 nitrogen and oxygen atoms in total.